The molecule has 0 bridgehead atoms. The van der Waals surface area contributed by atoms with E-state index in [0.717, 1.165) is 34.6 Å². The van der Waals surface area contributed by atoms with Gasteiger partial charge in [0.2, 0.25) is 0 Å². The van der Waals surface area contributed by atoms with Gasteiger partial charge in [-0.15, -0.1) is 11.3 Å². The number of benzene rings is 2. The highest BCUT2D eigenvalue weighted by atomic mass is 32.1. The second kappa shape index (κ2) is 9.34. The van der Waals surface area contributed by atoms with Gasteiger partial charge in [-0.3, -0.25) is 4.79 Å². The van der Waals surface area contributed by atoms with Crippen molar-refractivity contribution in [1.29, 1.82) is 0 Å². The van der Waals surface area contributed by atoms with Crippen molar-refractivity contribution in [2.24, 2.45) is 0 Å². The minimum absolute atomic E-state index is 0.0776. The quantitative estimate of drug-likeness (QED) is 0.529. The van der Waals surface area contributed by atoms with Crippen molar-refractivity contribution in [1.82, 2.24) is 10.3 Å². The Balaban J connectivity index is 1.52. The van der Waals surface area contributed by atoms with Crippen LogP contribution in [0.1, 0.15) is 48.5 Å². The number of ether oxygens (including phenoxy) is 1. The van der Waals surface area contributed by atoms with Crippen molar-refractivity contribution in [2.75, 3.05) is 6.61 Å². The SMILES string of the molecule is CCCCCCOc1cccc(CNC(=O)c2ccc3ncsc3c2)c1. The molecule has 0 atom stereocenters. The number of amides is 1. The number of aromatic nitrogens is 1. The molecule has 0 unspecified atom stereocenters. The Labute approximate surface area is 158 Å². The van der Waals surface area contributed by atoms with Crippen LogP contribution in [0.4, 0.5) is 0 Å². The largest absolute Gasteiger partial charge is 0.494 e. The van der Waals surface area contributed by atoms with Crippen molar-refractivity contribution in [3.8, 4) is 5.75 Å². The van der Waals surface area contributed by atoms with Crippen molar-refractivity contribution < 1.29 is 9.53 Å². The molecule has 3 aromatic rings. The molecule has 0 aliphatic carbocycles. The Morgan fingerprint density at radius 1 is 1.15 bits per heavy atom. The summed E-state index contributed by atoms with van der Waals surface area (Å²) in [6.07, 6.45) is 4.76. The number of rotatable bonds is 9. The summed E-state index contributed by atoms with van der Waals surface area (Å²) in [6.45, 7) is 3.42. The standard InChI is InChI=1S/C21H24N2O2S/c1-2-3-4-5-11-25-18-8-6-7-16(12-18)14-22-21(24)17-9-10-19-20(13-17)26-15-23-19/h6-10,12-13,15H,2-5,11,14H2,1H3,(H,22,24). The summed E-state index contributed by atoms with van der Waals surface area (Å²) >= 11 is 1.54. The second-order valence-corrected chi connectivity index (χ2v) is 7.16. The molecule has 26 heavy (non-hydrogen) atoms. The average molecular weight is 369 g/mol. The van der Waals surface area contributed by atoms with E-state index >= 15 is 0 Å². The highest BCUT2D eigenvalue weighted by Gasteiger charge is 2.07. The molecule has 5 heteroatoms. The van der Waals surface area contributed by atoms with E-state index in [-0.39, 0.29) is 5.91 Å². The maximum absolute atomic E-state index is 12.4. The van der Waals surface area contributed by atoms with Crippen molar-refractivity contribution in [2.45, 2.75) is 39.2 Å². The molecule has 1 aromatic heterocycles. The first-order valence-electron chi connectivity index (χ1n) is 9.09. The van der Waals surface area contributed by atoms with Gasteiger partial charge in [0.1, 0.15) is 5.75 Å². The molecule has 3 rings (SSSR count). The predicted molar refractivity (Wildman–Crippen MR) is 107 cm³/mol. The highest BCUT2D eigenvalue weighted by Crippen LogP contribution is 2.19. The first-order chi connectivity index (χ1) is 12.8. The van der Waals surface area contributed by atoms with E-state index in [1.54, 1.807) is 16.8 Å². The molecule has 0 aliphatic heterocycles. The van der Waals surface area contributed by atoms with Crippen LogP contribution in [-0.4, -0.2) is 17.5 Å². The second-order valence-electron chi connectivity index (χ2n) is 6.27. The monoisotopic (exact) mass is 368 g/mol. The van der Waals surface area contributed by atoms with Gasteiger partial charge >= 0.3 is 0 Å². The van der Waals surface area contributed by atoms with E-state index in [1.807, 2.05) is 42.5 Å². The molecule has 136 valence electrons. The minimum atomic E-state index is -0.0776. The number of thiazole rings is 1. The van der Waals surface area contributed by atoms with E-state index in [0.29, 0.717) is 12.1 Å². The van der Waals surface area contributed by atoms with Crippen LogP contribution in [0.2, 0.25) is 0 Å². The third-order valence-electron chi connectivity index (χ3n) is 4.21. The molecule has 1 heterocycles. The summed E-state index contributed by atoms with van der Waals surface area (Å²) in [7, 11) is 0. The summed E-state index contributed by atoms with van der Waals surface area (Å²) in [5.41, 5.74) is 4.41. The molecule has 2 aromatic carbocycles. The van der Waals surface area contributed by atoms with E-state index < -0.39 is 0 Å². The van der Waals surface area contributed by atoms with Crippen LogP contribution in [-0.2, 0) is 6.54 Å². The molecule has 0 fully saturated rings. The highest BCUT2D eigenvalue weighted by molar-refractivity contribution is 7.16. The normalized spacial score (nSPS) is 10.8. The van der Waals surface area contributed by atoms with Crippen molar-refractivity contribution in [3.05, 3.63) is 59.1 Å². The molecule has 0 aliphatic rings. The molecule has 0 saturated heterocycles. The summed E-state index contributed by atoms with van der Waals surface area (Å²) in [4.78, 5) is 16.6. The van der Waals surface area contributed by atoms with Crippen molar-refractivity contribution >= 4 is 27.5 Å². The number of carbonyl (C=O) groups is 1. The fourth-order valence-electron chi connectivity index (χ4n) is 2.74. The Morgan fingerprint density at radius 3 is 2.96 bits per heavy atom. The lowest BCUT2D eigenvalue weighted by atomic mass is 10.1. The van der Waals surface area contributed by atoms with Crippen LogP contribution in [0, 0.1) is 0 Å². The summed E-state index contributed by atoms with van der Waals surface area (Å²) in [5, 5.41) is 2.97. The fraction of sp³-hybridized carbons (Fsp3) is 0.333. The van der Waals surface area contributed by atoms with Crippen LogP contribution in [0.15, 0.2) is 48.0 Å². The van der Waals surface area contributed by atoms with Crippen molar-refractivity contribution in [3.63, 3.8) is 0 Å². The lowest BCUT2D eigenvalue weighted by Gasteiger charge is -2.09. The third kappa shape index (κ3) is 5.05. The lowest BCUT2D eigenvalue weighted by Crippen LogP contribution is -2.22. The molecule has 0 saturated carbocycles. The lowest BCUT2D eigenvalue weighted by molar-refractivity contribution is 0.0951. The van der Waals surface area contributed by atoms with Gasteiger partial charge in [0.05, 0.1) is 22.3 Å². The van der Waals surface area contributed by atoms with Gasteiger partial charge in [0, 0.05) is 12.1 Å². The molecule has 0 radical (unpaired) electrons. The van der Waals surface area contributed by atoms with Gasteiger partial charge in [-0.05, 0) is 42.3 Å². The topological polar surface area (TPSA) is 51.2 Å². The Bertz CT molecular complexity index is 860. The van der Waals surface area contributed by atoms with Gasteiger partial charge < -0.3 is 10.1 Å². The van der Waals surface area contributed by atoms with Crippen LogP contribution in [0.3, 0.4) is 0 Å². The summed E-state index contributed by atoms with van der Waals surface area (Å²) in [5.74, 6) is 0.783. The van der Waals surface area contributed by atoms with Gasteiger partial charge in [-0.1, -0.05) is 38.3 Å². The summed E-state index contributed by atoms with van der Waals surface area (Å²) < 4.78 is 6.83. The first-order valence-corrected chi connectivity index (χ1v) is 9.97. The zero-order valence-electron chi connectivity index (χ0n) is 15.0. The number of carbonyl (C=O) groups excluding carboxylic acids is 1. The van der Waals surface area contributed by atoms with Gasteiger partial charge in [-0.2, -0.15) is 0 Å². The minimum Gasteiger partial charge on any atom is -0.494 e. The number of hydrogen-bond acceptors (Lipinski definition) is 4. The van der Waals surface area contributed by atoms with Crippen LogP contribution >= 0.6 is 11.3 Å². The molecule has 4 nitrogen and oxygen atoms in total. The van der Waals surface area contributed by atoms with E-state index in [9.17, 15) is 4.79 Å². The number of nitrogens with one attached hydrogen (secondary N) is 1. The van der Waals surface area contributed by atoms with Crippen LogP contribution in [0.25, 0.3) is 10.2 Å². The Kier molecular flexibility index (Phi) is 6.61. The molecular formula is C21H24N2O2S. The fourth-order valence-corrected chi connectivity index (χ4v) is 3.46. The van der Waals surface area contributed by atoms with E-state index in [2.05, 4.69) is 17.2 Å². The first kappa shape index (κ1) is 18.4. The molecule has 1 N–H and O–H groups in total. The average Bonchev–Trinajstić information content (AvgIpc) is 3.14. The zero-order chi connectivity index (χ0) is 18.2. The van der Waals surface area contributed by atoms with E-state index in [4.69, 9.17) is 4.74 Å². The maximum Gasteiger partial charge on any atom is 0.251 e. The molecule has 0 spiro atoms. The number of nitrogens with zero attached hydrogens (tertiary/aromatic N) is 1. The Morgan fingerprint density at radius 2 is 2.08 bits per heavy atom. The predicted octanol–water partition coefficient (Wildman–Crippen LogP) is 5.19. The van der Waals surface area contributed by atoms with E-state index in [1.165, 1.54) is 19.3 Å². The van der Waals surface area contributed by atoms with Gasteiger partial charge in [0.25, 0.3) is 5.91 Å². The van der Waals surface area contributed by atoms with Gasteiger partial charge in [0.15, 0.2) is 0 Å². The van der Waals surface area contributed by atoms with Gasteiger partial charge in [-0.25, -0.2) is 4.98 Å². The van der Waals surface area contributed by atoms with Crippen LogP contribution in [0.5, 0.6) is 5.75 Å². The third-order valence-corrected chi connectivity index (χ3v) is 5.00. The maximum atomic E-state index is 12.4. The number of hydrogen-bond donors (Lipinski definition) is 1. The molecular weight excluding hydrogens is 344 g/mol. The number of fused-ring (bicyclic) bond motifs is 1. The zero-order valence-corrected chi connectivity index (χ0v) is 15.8. The summed E-state index contributed by atoms with van der Waals surface area (Å²) in [6, 6.07) is 13.5. The van der Waals surface area contributed by atoms with Crippen LogP contribution < -0.4 is 10.1 Å². The Hall–Kier alpha value is -2.40. The molecule has 1 amide bonds. The smallest absolute Gasteiger partial charge is 0.251 e. The number of unbranched alkanes of at least 4 members (excludes halogenated alkanes) is 3.